The molecule has 1 rings (SSSR count). The van der Waals surface area contributed by atoms with Gasteiger partial charge in [-0.2, -0.15) is 0 Å². The van der Waals surface area contributed by atoms with E-state index in [0.29, 0.717) is 6.54 Å². The molecule has 0 saturated carbocycles. The van der Waals surface area contributed by atoms with E-state index < -0.39 is 0 Å². The summed E-state index contributed by atoms with van der Waals surface area (Å²) in [6.45, 7) is 2.42. The van der Waals surface area contributed by atoms with Crippen molar-refractivity contribution in [1.82, 2.24) is 4.57 Å². The molecule has 1 heterocycles. The highest BCUT2D eigenvalue weighted by Crippen LogP contribution is 1.95. The number of pyridine rings is 1. The number of aromatic nitrogens is 1. The SMILES string of the molecule is CCc1ccc(=O)n(CCO)c1. The Morgan fingerprint density at radius 1 is 1.50 bits per heavy atom. The summed E-state index contributed by atoms with van der Waals surface area (Å²) >= 11 is 0. The number of hydrogen-bond acceptors (Lipinski definition) is 2. The monoisotopic (exact) mass is 167 g/mol. The van der Waals surface area contributed by atoms with Gasteiger partial charge < -0.3 is 9.67 Å². The lowest BCUT2D eigenvalue weighted by atomic mass is 10.2. The molecule has 0 bridgehead atoms. The second kappa shape index (κ2) is 4.07. The van der Waals surface area contributed by atoms with Crippen molar-refractivity contribution < 1.29 is 5.11 Å². The Kier molecular flexibility index (Phi) is 3.05. The normalized spacial score (nSPS) is 10.2. The smallest absolute Gasteiger partial charge is 0.250 e. The van der Waals surface area contributed by atoms with Crippen molar-refractivity contribution in [3.63, 3.8) is 0 Å². The van der Waals surface area contributed by atoms with Crippen LogP contribution in [0.2, 0.25) is 0 Å². The van der Waals surface area contributed by atoms with Crippen LogP contribution >= 0.6 is 0 Å². The van der Waals surface area contributed by atoms with E-state index in [1.54, 1.807) is 6.20 Å². The summed E-state index contributed by atoms with van der Waals surface area (Å²) < 4.78 is 1.53. The van der Waals surface area contributed by atoms with E-state index in [1.165, 1.54) is 10.6 Å². The third kappa shape index (κ3) is 1.95. The third-order valence-electron chi connectivity index (χ3n) is 1.79. The fourth-order valence-corrected chi connectivity index (χ4v) is 1.07. The van der Waals surface area contributed by atoms with Crippen LogP contribution in [0.25, 0.3) is 0 Å². The van der Waals surface area contributed by atoms with Gasteiger partial charge in [0, 0.05) is 18.8 Å². The first-order valence-corrected chi connectivity index (χ1v) is 4.08. The Hall–Kier alpha value is -1.09. The van der Waals surface area contributed by atoms with Gasteiger partial charge in [0.05, 0.1) is 6.61 Å². The Labute approximate surface area is 71.3 Å². The first-order valence-electron chi connectivity index (χ1n) is 4.08. The van der Waals surface area contributed by atoms with Crippen molar-refractivity contribution in [3.8, 4) is 0 Å². The maximum Gasteiger partial charge on any atom is 0.250 e. The minimum absolute atomic E-state index is 0.00702. The van der Waals surface area contributed by atoms with Crippen LogP contribution in [-0.4, -0.2) is 16.3 Å². The van der Waals surface area contributed by atoms with E-state index >= 15 is 0 Å². The van der Waals surface area contributed by atoms with Crippen LogP contribution in [0, 0.1) is 0 Å². The van der Waals surface area contributed by atoms with E-state index in [9.17, 15) is 4.79 Å². The molecular formula is C9H13NO2. The predicted molar refractivity (Wildman–Crippen MR) is 47.2 cm³/mol. The van der Waals surface area contributed by atoms with Crippen molar-refractivity contribution >= 4 is 0 Å². The molecule has 1 N–H and O–H groups in total. The van der Waals surface area contributed by atoms with Gasteiger partial charge in [-0.1, -0.05) is 13.0 Å². The summed E-state index contributed by atoms with van der Waals surface area (Å²) in [4.78, 5) is 11.1. The van der Waals surface area contributed by atoms with Gasteiger partial charge >= 0.3 is 0 Å². The van der Waals surface area contributed by atoms with Crippen LogP contribution < -0.4 is 5.56 Å². The highest BCUT2D eigenvalue weighted by atomic mass is 16.3. The molecule has 3 nitrogen and oxygen atoms in total. The molecular weight excluding hydrogens is 154 g/mol. The largest absolute Gasteiger partial charge is 0.395 e. The lowest BCUT2D eigenvalue weighted by Crippen LogP contribution is -2.20. The fraction of sp³-hybridized carbons (Fsp3) is 0.444. The van der Waals surface area contributed by atoms with Gasteiger partial charge in [-0.25, -0.2) is 0 Å². The molecule has 3 heteroatoms. The number of aryl methyl sites for hydroxylation is 1. The standard InChI is InChI=1S/C9H13NO2/c1-2-8-3-4-9(12)10(7-8)5-6-11/h3-4,7,11H,2,5-6H2,1H3. The molecule has 0 fully saturated rings. The lowest BCUT2D eigenvalue weighted by molar-refractivity contribution is 0.274. The van der Waals surface area contributed by atoms with Crippen molar-refractivity contribution in [2.75, 3.05) is 6.61 Å². The molecule has 12 heavy (non-hydrogen) atoms. The summed E-state index contributed by atoms with van der Waals surface area (Å²) in [5, 5.41) is 8.65. The number of aliphatic hydroxyl groups is 1. The van der Waals surface area contributed by atoms with Crippen LogP contribution in [0.4, 0.5) is 0 Å². The molecule has 0 atom stereocenters. The second-order valence-electron chi connectivity index (χ2n) is 2.65. The second-order valence-corrected chi connectivity index (χ2v) is 2.65. The summed E-state index contributed by atoms with van der Waals surface area (Å²) in [6.07, 6.45) is 2.70. The van der Waals surface area contributed by atoms with E-state index in [4.69, 9.17) is 5.11 Å². The molecule has 1 aromatic rings. The molecule has 0 aliphatic heterocycles. The lowest BCUT2D eigenvalue weighted by Gasteiger charge is -2.04. The highest BCUT2D eigenvalue weighted by molar-refractivity contribution is 5.09. The van der Waals surface area contributed by atoms with E-state index in [2.05, 4.69) is 0 Å². The average Bonchev–Trinajstić information content (AvgIpc) is 2.09. The zero-order valence-electron chi connectivity index (χ0n) is 7.16. The quantitative estimate of drug-likeness (QED) is 0.708. The Bertz CT molecular complexity index is 304. The zero-order chi connectivity index (χ0) is 8.97. The molecule has 0 radical (unpaired) electrons. The molecule has 66 valence electrons. The first kappa shape index (κ1) is 9.00. The molecule has 0 saturated heterocycles. The van der Waals surface area contributed by atoms with Crippen molar-refractivity contribution in [2.45, 2.75) is 19.9 Å². The van der Waals surface area contributed by atoms with Gasteiger partial charge in [-0.15, -0.1) is 0 Å². The third-order valence-corrected chi connectivity index (χ3v) is 1.79. The summed E-state index contributed by atoms with van der Waals surface area (Å²) in [5.74, 6) is 0. The van der Waals surface area contributed by atoms with Crippen molar-refractivity contribution in [3.05, 3.63) is 34.2 Å². The number of hydrogen-bond donors (Lipinski definition) is 1. The van der Waals surface area contributed by atoms with Gasteiger partial charge in [0.2, 0.25) is 0 Å². The number of rotatable bonds is 3. The molecule has 0 unspecified atom stereocenters. The van der Waals surface area contributed by atoms with Gasteiger partial charge in [0.1, 0.15) is 0 Å². The van der Waals surface area contributed by atoms with Gasteiger partial charge in [-0.3, -0.25) is 4.79 Å². The molecule has 0 aliphatic carbocycles. The average molecular weight is 167 g/mol. The maximum atomic E-state index is 11.1. The number of aliphatic hydroxyl groups excluding tert-OH is 1. The molecule has 0 aromatic carbocycles. The molecule has 1 aromatic heterocycles. The first-order chi connectivity index (χ1) is 5.77. The Morgan fingerprint density at radius 3 is 2.83 bits per heavy atom. The van der Waals surface area contributed by atoms with Crippen LogP contribution in [0.3, 0.4) is 0 Å². The minimum Gasteiger partial charge on any atom is -0.395 e. The summed E-state index contributed by atoms with van der Waals surface area (Å²) in [6, 6.07) is 3.35. The molecule has 0 spiro atoms. The summed E-state index contributed by atoms with van der Waals surface area (Å²) in [5.41, 5.74) is 1.06. The van der Waals surface area contributed by atoms with Crippen LogP contribution in [0.5, 0.6) is 0 Å². The molecule has 0 aliphatic rings. The highest BCUT2D eigenvalue weighted by Gasteiger charge is 1.95. The predicted octanol–water partition coefficient (Wildman–Crippen LogP) is 0.403. The van der Waals surface area contributed by atoms with Crippen molar-refractivity contribution in [1.29, 1.82) is 0 Å². The Balaban J connectivity index is 3.00. The van der Waals surface area contributed by atoms with E-state index in [-0.39, 0.29) is 12.2 Å². The van der Waals surface area contributed by atoms with Gasteiger partial charge in [0.25, 0.3) is 5.56 Å². The van der Waals surface area contributed by atoms with Gasteiger partial charge in [0.15, 0.2) is 0 Å². The zero-order valence-corrected chi connectivity index (χ0v) is 7.16. The van der Waals surface area contributed by atoms with Crippen LogP contribution in [0.1, 0.15) is 12.5 Å². The van der Waals surface area contributed by atoms with Gasteiger partial charge in [-0.05, 0) is 12.0 Å². The Morgan fingerprint density at radius 2 is 2.25 bits per heavy atom. The van der Waals surface area contributed by atoms with Crippen molar-refractivity contribution in [2.24, 2.45) is 0 Å². The summed E-state index contributed by atoms with van der Waals surface area (Å²) in [7, 11) is 0. The topological polar surface area (TPSA) is 42.2 Å². The molecule has 0 amide bonds. The van der Waals surface area contributed by atoms with Crippen LogP contribution in [0.15, 0.2) is 23.1 Å². The minimum atomic E-state index is -0.0544. The van der Waals surface area contributed by atoms with E-state index in [1.807, 2.05) is 13.0 Å². The number of nitrogens with zero attached hydrogens (tertiary/aromatic N) is 1. The van der Waals surface area contributed by atoms with E-state index in [0.717, 1.165) is 12.0 Å². The maximum absolute atomic E-state index is 11.1. The van der Waals surface area contributed by atoms with Crippen LogP contribution in [-0.2, 0) is 13.0 Å². The fourth-order valence-electron chi connectivity index (χ4n) is 1.07.